The Kier molecular flexibility index (Phi) is 15.0. The van der Waals surface area contributed by atoms with Crippen molar-refractivity contribution in [3.63, 3.8) is 0 Å². The van der Waals surface area contributed by atoms with E-state index in [0.717, 1.165) is 19.3 Å². The summed E-state index contributed by atoms with van der Waals surface area (Å²) in [6.07, 6.45) is 2.96. The maximum Gasteiger partial charge on any atom is 0.302 e. The van der Waals surface area contributed by atoms with E-state index in [4.69, 9.17) is 14.6 Å². The highest BCUT2D eigenvalue weighted by molar-refractivity contribution is 5.65. The molecule has 0 radical (unpaired) electrons. The Morgan fingerprint density at radius 1 is 1.47 bits per heavy atom. The lowest BCUT2D eigenvalue weighted by molar-refractivity contribution is -0.141. The Morgan fingerprint density at radius 2 is 2.07 bits per heavy atom. The summed E-state index contributed by atoms with van der Waals surface area (Å²) in [5.41, 5.74) is 0. The SMILES string of the molecule is CCCCO.COC(C)CCOC(C)=O. The summed E-state index contributed by atoms with van der Waals surface area (Å²) in [6, 6.07) is 0. The molecule has 1 unspecified atom stereocenters. The van der Waals surface area contributed by atoms with Gasteiger partial charge in [-0.15, -0.1) is 0 Å². The van der Waals surface area contributed by atoms with Gasteiger partial charge in [-0.2, -0.15) is 0 Å². The molecule has 0 saturated carbocycles. The van der Waals surface area contributed by atoms with E-state index in [2.05, 4.69) is 6.92 Å². The topological polar surface area (TPSA) is 55.8 Å². The van der Waals surface area contributed by atoms with Crippen LogP contribution in [-0.2, 0) is 14.3 Å². The van der Waals surface area contributed by atoms with Crippen molar-refractivity contribution in [3.8, 4) is 0 Å². The first-order valence-corrected chi connectivity index (χ1v) is 5.35. The van der Waals surface area contributed by atoms with Gasteiger partial charge in [0.15, 0.2) is 0 Å². The van der Waals surface area contributed by atoms with Crippen molar-refractivity contribution in [3.05, 3.63) is 0 Å². The zero-order valence-corrected chi connectivity index (χ0v) is 10.3. The maximum atomic E-state index is 10.3. The second kappa shape index (κ2) is 13.4. The fourth-order valence-electron chi connectivity index (χ4n) is 0.645. The fourth-order valence-corrected chi connectivity index (χ4v) is 0.645. The lowest BCUT2D eigenvalue weighted by Crippen LogP contribution is -2.10. The number of unbranched alkanes of at least 4 members (excludes halogenated alkanes) is 1. The molecule has 92 valence electrons. The molecule has 0 aromatic heterocycles. The molecule has 0 heterocycles. The number of aliphatic hydroxyl groups excluding tert-OH is 1. The number of methoxy groups -OCH3 is 1. The Labute approximate surface area is 92.6 Å². The molecule has 0 aromatic carbocycles. The van der Waals surface area contributed by atoms with E-state index >= 15 is 0 Å². The molecule has 4 heteroatoms. The van der Waals surface area contributed by atoms with Gasteiger partial charge < -0.3 is 14.6 Å². The molecular weight excluding hydrogens is 196 g/mol. The van der Waals surface area contributed by atoms with Crippen molar-refractivity contribution >= 4 is 5.97 Å². The average Bonchev–Trinajstić information content (AvgIpc) is 2.19. The van der Waals surface area contributed by atoms with E-state index in [1.54, 1.807) is 7.11 Å². The molecule has 0 aliphatic carbocycles. The third-order valence-corrected chi connectivity index (χ3v) is 1.74. The Morgan fingerprint density at radius 3 is 2.33 bits per heavy atom. The van der Waals surface area contributed by atoms with Gasteiger partial charge in [-0.25, -0.2) is 0 Å². The lowest BCUT2D eigenvalue weighted by Gasteiger charge is -2.07. The van der Waals surface area contributed by atoms with E-state index in [0.29, 0.717) is 13.2 Å². The number of esters is 1. The summed E-state index contributed by atoms with van der Waals surface area (Å²) in [5.74, 6) is -0.233. The number of aliphatic hydroxyl groups is 1. The van der Waals surface area contributed by atoms with Crippen molar-refractivity contribution in [2.75, 3.05) is 20.3 Å². The van der Waals surface area contributed by atoms with Crippen LogP contribution < -0.4 is 0 Å². The van der Waals surface area contributed by atoms with Crippen molar-refractivity contribution in [1.82, 2.24) is 0 Å². The van der Waals surface area contributed by atoms with Gasteiger partial charge in [-0.3, -0.25) is 4.79 Å². The lowest BCUT2D eigenvalue weighted by atomic mass is 10.3. The third-order valence-electron chi connectivity index (χ3n) is 1.74. The predicted molar refractivity (Wildman–Crippen MR) is 59.7 cm³/mol. The highest BCUT2D eigenvalue weighted by atomic mass is 16.5. The molecule has 1 atom stereocenters. The minimum atomic E-state index is -0.233. The molecule has 4 nitrogen and oxygen atoms in total. The van der Waals surface area contributed by atoms with Crippen molar-refractivity contribution in [1.29, 1.82) is 0 Å². The van der Waals surface area contributed by atoms with Crippen LogP contribution in [0.25, 0.3) is 0 Å². The van der Waals surface area contributed by atoms with Gasteiger partial charge in [-0.05, 0) is 13.3 Å². The van der Waals surface area contributed by atoms with Crippen molar-refractivity contribution < 1.29 is 19.4 Å². The molecule has 0 aliphatic heterocycles. The number of hydrogen-bond donors (Lipinski definition) is 1. The molecule has 0 fully saturated rings. The molecule has 15 heavy (non-hydrogen) atoms. The monoisotopic (exact) mass is 220 g/mol. The third kappa shape index (κ3) is 19.7. The number of ether oxygens (including phenoxy) is 2. The zero-order valence-electron chi connectivity index (χ0n) is 10.3. The van der Waals surface area contributed by atoms with E-state index in [1.165, 1.54) is 6.92 Å². The quantitative estimate of drug-likeness (QED) is 0.693. The minimum Gasteiger partial charge on any atom is -0.466 e. The van der Waals surface area contributed by atoms with E-state index < -0.39 is 0 Å². The fraction of sp³-hybridized carbons (Fsp3) is 0.909. The first kappa shape index (κ1) is 16.8. The summed E-state index contributed by atoms with van der Waals surface area (Å²) in [7, 11) is 1.64. The van der Waals surface area contributed by atoms with Crippen LogP contribution in [0.3, 0.4) is 0 Å². The van der Waals surface area contributed by atoms with Crippen LogP contribution in [0, 0.1) is 0 Å². The van der Waals surface area contributed by atoms with Gasteiger partial charge >= 0.3 is 5.97 Å². The zero-order chi connectivity index (χ0) is 12.1. The van der Waals surface area contributed by atoms with Crippen molar-refractivity contribution in [2.45, 2.75) is 46.1 Å². The number of carbonyl (C=O) groups excluding carboxylic acids is 1. The minimum absolute atomic E-state index is 0.166. The summed E-state index contributed by atoms with van der Waals surface area (Å²) in [6.45, 7) is 6.18. The Bertz CT molecular complexity index is 135. The largest absolute Gasteiger partial charge is 0.466 e. The van der Waals surface area contributed by atoms with Crippen LogP contribution in [0.4, 0.5) is 0 Å². The van der Waals surface area contributed by atoms with Gasteiger partial charge in [0, 0.05) is 27.1 Å². The van der Waals surface area contributed by atoms with Crippen LogP contribution in [0.1, 0.15) is 40.0 Å². The van der Waals surface area contributed by atoms with Gasteiger partial charge in [0.2, 0.25) is 0 Å². The second-order valence-corrected chi connectivity index (χ2v) is 3.25. The number of carbonyl (C=O) groups is 1. The summed E-state index contributed by atoms with van der Waals surface area (Å²) >= 11 is 0. The average molecular weight is 220 g/mol. The smallest absolute Gasteiger partial charge is 0.302 e. The highest BCUT2D eigenvalue weighted by Gasteiger charge is 1.99. The van der Waals surface area contributed by atoms with Crippen LogP contribution in [0.15, 0.2) is 0 Å². The van der Waals surface area contributed by atoms with Gasteiger partial charge in [0.25, 0.3) is 0 Å². The molecule has 0 saturated heterocycles. The standard InChI is InChI=1S/C7H14O3.C4H10O/c1-6(9-3)4-5-10-7(2)8;1-2-3-4-5/h6H,4-5H2,1-3H3;5H,2-4H2,1H3. The summed E-state index contributed by atoms with van der Waals surface area (Å²) in [5, 5.41) is 8.07. The van der Waals surface area contributed by atoms with Crippen LogP contribution >= 0.6 is 0 Å². The van der Waals surface area contributed by atoms with E-state index in [9.17, 15) is 4.79 Å². The number of hydrogen-bond acceptors (Lipinski definition) is 4. The molecule has 0 aromatic rings. The molecule has 0 rings (SSSR count). The van der Waals surface area contributed by atoms with E-state index in [1.807, 2.05) is 6.92 Å². The van der Waals surface area contributed by atoms with Gasteiger partial charge in [-0.1, -0.05) is 13.3 Å². The van der Waals surface area contributed by atoms with Crippen molar-refractivity contribution in [2.24, 2.45) is 0 Å². The maximum absolute atomic E-state index is 10.3. The van der Waals surface area contributed by atoms with Crippen LogP contribution in [0.5, 0.6) is 0 Å². The normalized spacial score (nSPS) is 11.3. The summed E-state index contributed by atoms with van der Waals surface area (Å²) in [4.78, 5) is 10.3. The highest BCUT2D eigenvalue weighted by Crippen LogP contribution is 1.94. The first-order chi connectivity index (χ1) is 7.08. The molecule has 0 spiro atoms. The molecule has 0 aliphatic rings. The number of rotatable bonds is 6. The van der Waals surface area contributed by atoms with Gasteiger partial charge in [0.05, 0.1) is 12.7 Å². The Hall–Kier alpha value is -0.610. The van der Waals surface area contributed by atoms with Crippen LogP contribution in [0.2, 0.25) is 0 Å². The molecule has 0 amide bonds. The Balaban J connectivity index is 0. The first-order valence-electron chi connectivity index (χ1n) is 5.35. The van der Waals surface area contributed by atoms with Crippen LogP contribution in [-0.4, -0.2) is 37.5 Å². The predicted octanol–water partition coefficient (Wildman–Crippen LogP) is 1.75. The molecule has 1 N–H and O–H groups in total. The van der Waals surface area contributed by atoms with E-state index in [-0.39, 0.29) is 12.1 Å². The summed E-state index contributed by atoms with van der Waals surface area (Å²) < 4.78 is 9.64. The van der Waals surface area contributed by atoms with Gasteiger partial charge in [0.1, 0.15) is 0 Å². The molecular formula is C11H24O4. The second-order valence-electron chi connectivity index (χ2n) is 3.25. The molecule has 0 bridgehead atoms.